The van der Waals surface area contributed by atoms with Gasteiger partial charge in [0.25, 0.3) is 20.2 Å². The minimum atomic E-state index is -4.15. The molecule has 10 unspecified atom stereocenters. The van der Waals surface area contributed by atoms with Crippen LogP contribution in [0.4, 0.5) is 0 Å². The van der Waals surface area contributed by atoms with Gasteiger partial charge in [0.1, 0.15) is 0 Å². The van der Waals surface area contributed by atoms with Crippen LogP contribution in [0.3, 0.4) is 0 Å². The Labute approximate surface area is 275 Å². The van der Waals surface area contributed by atoms with Gasteiger partial charge >= 0.3 is 0 Å². The lowest BCUT2D eigenvalue weighted by molar-refractivity contribution is 0.126. The van der Waals surface area contributed by atoms with Gasteiger partial charge in [0.2, 0.25) is 0 Å². The van der Waals surface area contributed by atoms with Gasteiger partial charge in [-0.2, -0.15) is 37.3 Å². The predicted octanol–water partition coefficient (Wildman–Crippen LogP) is 5.33. The van der Waals surface area contributed by atoms with Crippen molar-refractivity contribution in [2.24, 2.45) is 67.4 Å². The monoisotopic (exact) mass is 684 g/mol. The Balaban J connectivity index is 0.970. The first-order valence-electron chi connectivity index (χ1n) is 18.1. The molecule has 262 valence electrons. The zero-order valence-electron chi connectivity index (χ0n) is 27.1. The fourth-order valence-corrected chi connectivity index (χ4v) is 13.1. The van der Waals surface area contributed by atoms with Crippen molar-refractivity contribution >= 4 is 20.2 Å². The average molecular weight is 685 g/mol. The van der Waals surface area contributed by atoms with Crippen LogP contribution >= 0.6 is 0 Å². The van der Waals surface area contributed by atoms with Gasteiger partial charge in [0.15, 0.2) is 0 Å². The van der Waals surface area contributed by atoms with Crippen molar-refractivity contribution in [1.82, 2.24) is 0 Å². The van der Waals surface area contributed by atoms with Gasteiger partial charge in [0, 0.05) is 12.1 Å². The van der Waals surface area contributed by atoms with E-state index in [1.54, 1.807) is 0 Å². The smallest absolute Gasteiger partial charge is 0.268 e. The zero-order valence-corrected chi connectivity index (χ0v) is 28.7. The molecule has 0 aromatic rings. The summed E-state index contributed by atoms with van der Waals surface area (Å²) in [6.45, 7) is 0. The highest BCUT2D eigenvalue weighted by molar-refractivity contribution is 7.86. The van der Waals surface area contributed by atoms with Crippen LogP contribution in [0.25, 0.3) is 0 Å². The maximum atomic E-state index is 12.2. The summed E-state index contributed by atoms with van der Waals surface area (Å²) >= 11 is 0. The first kappa shape index (κ1) is 34.8. The highest BCUT2D eigenvalue weighted by Gasteiger charge is 2.50. The highest BCUT2D eigenvalue weighted by Crippen LogP contribution is 2.46. The third-order valence-corrected chi connectivity index (χ3v) is 15.8. The fourth-order valence-electron chi connectivity index (χ4n) is 10.6. The normalized spacial score (nSPS) is 46.2. The number of nitrogens with zero attached hydrogens (tertiary/aromatic N) is 4. The minimum absolute atomic E-state index is 0.0704. The second kappa shape index (κ2) is 14.4. The van der Waals surface area contributed by atoms with Crippen molar-refractivity contribution in [3.05, 3.63) is 0 Å². The summed E-state index contributed by atoms with van der Waals surface area (Å²) in [4.78, 5) is 0. The molecule has 0 aliphatic heterocycles. The molecule has 0 spiro atoms. The standard InChI is InChI=1S/C32H56N6O6S2/c33-31-25-7-3-1-5-23(25)29(45(39,40)41)17-27(31)37-35-21-13-9-19(10-14-21)20-11-15-22(16-12-20)36-38-28-18-30(46(42,43)44)24-6-2-4-8-26(24)32(28)34/h19-32H,1-18,33-34H2,(H,39,40,41)(H,42,43,44). The summed E-state index contributed by atoms with van der Waals surface area (Å²) in [6, 6.07) is -0.871. The average Bonchev–Trinajstić information content (AvgIpc) is 3.04. The van der Waals surface area contributed by atoms with Gasteiger partial charge in [-0.3, -0.25) is 9.11 Å². The van der Waals surface area contributed by atoms with Crippen molar-refractivity contribution < 1.29 is 25.9 Å². The molecule has 6 N–H and O–H groups in total. The molecular formula is C32H56N6O6S2. The quantitative estimate of drug-likeness (QED) is 0.203. The van der Waals surface area contributed by atoms with Crippen LogP contribution in [0.5, 0.6) is 0 Å². The maximum absolute atomic E-state index is 12.2. The van der Waals surface area contributed by atoms with Crippen molar-refractivity contribution in [2.45, 2.75) is 162 Å². The summed E-state index contributed by atoms with van der Waals surface area (Å²) in [6.07, 6.45) is 16.3. The molecule has 6 aliphatic rings. The van der Waals surface area contributed by atoms with E-state index in [9.17, 15) is 25.9 Å². The van der Waals surface area contributed by atoms with Gasteiger partial charge in [-0.05, 0) is 125 Å². The Bertz CT molecular complexity index is 1210. The van der Waals surface area contributed by atoms with E-state index in [0.29, 0.717) is 11.8 Å². The minimum Gasteiger partial charge on any atom is -0.326 e. The van der Waals surface area contributed by atoms with Gasteiger partial charge in [-0.15, -0.1) is 0 Å². The van der Waals surface area contributed by atoms with E-state index < -0.39 is 30.7 Å². The molecule has 0 bridgehead atoms. The lowest BCUT2D eigenvalue weighted by atomic mass is 9.67. The third-order valence-electron chi connectivity index (χ3n) is 13.2. The molecule has 46 heavy (non-hydrogen) atoms. The maximum Gasteiger partial charge on any atom is 0.268 e. The van der Waals surface area contributed by atoms with E-state index in [4.69, 9.17) is 21.7 Å². The van der Waals surface area contributed by atoms with E-state index in [1.165, 1.54) is 0 Å². The summed E-state index contributed by atoms with van der Waals surface area (Å²) in [5.41, 5.74) is 13.2. The molecule has 0 aromatic heterocycles. The molecule has 0 radical (unpaired) electrons. The molecule has 0 heterocycles. The largest absolute Gasteiger partial charge is 0.326 e. The van der Waals surface area contributed by atoms with E-state index in [0.717, 1.165) is 103 Å². The molecule has 0 amide bonds. The summed E-state index contributed by atoms with van der Waals surface area (Å²) in [5, 5.41) is 17.1. The van der Waals surface area contributed by atoms with E-state index in [1.807, 2.05) is 0 Å². The van der Waals surface area contributed by atoms with Crippen LogP contribution in [0.2, 0.25) is 0 Å². The molecule has 6 fully saturated rings. The van der Waals surface area contributed by atoms with Crippen LogP contribution in [-0.2, 0) is 20.2 Å². The van der Waals surface area contributed by atoms with E-state index in [-0.39, 0.29) is 72.8 Å². The number of rotatable bonds is 7. The van der Waals surface area contributed by atoms with Gasteiger partial charge in [-0.1, -0.05) is 25.7 Å². The van der Waals surface area contributed by atoms with Gasteiger partial charge in [0.05, 0.1) is 34.7 Å². The van der Waals surface area contributed by atoms with Crippen molar-refractivity contribution in [2.75, 3.05) is 0 Å². The SMILES string of the molecule is NC1C(N=NC2CCC(C3CCC(N=NC4CC(S(=O)(=O)O)C5CCCCC5C4N)CC3)CC2)CC(S(=O)(=O)O)C2CCCCC12. The molecule has 6 saturated carbocycles. The second-order valence-corrected chi connectivity index (χ2v) is 19.0. The molecule has 6 rings (SSSR count). The first-order valence-corrected chi connectivity index (χ1v) is 21.1. The molecule has 10 atom stereocenters. The lowest BCUT2D eigenvalue weighted by Gasteiger charge is -2.45. The molecular weight excluding hydrogens is 629 g/mol. The highest BCUT2D eigenvalue weighted by atomic mass is 32.2. The molecule has 12 nitrogen and oxygen atoms in total. The lowest BCUT2D eigenvalue weighted by Crippen LogP contribution is -2.55. The first-order chi connectivity index (χ1) is 21.9. The van der Waals surface area contributed by atoms with Gasteiger partial charge < -0.3 is 11.5 Å². The summed E-state index contributed by atoms with van der Waals surface area (Å²) < 4.78 is 68.8. The number of hydrogen-bond donors (Lipinski definition) is 4. The second-order valence-electron chi connectivity index (χ2n) is 15.7. The van der Waals surface area contributed by atoms with Crippen LogP contribution in [0.15, 0.2) is 20.5 Å². The number of hydrogen-bond acceptors (Lipinski definition) is 10. The number of azo groups is 2. The Hall–Kier alpha value is -1.06. The summed E-state index contributed by atoms with van der Waals surface area (Å²) in [7, 11) is -8.30. The molecule has 0 aromatic carbocycles. The predicted molar refractivity (Wildman–Crippen MR) is 176 cm³/mol. The Kier molecular flexibility index (Phi) is 10.9. The fraction of sp³-hybridized carbons (Fsp3) is 1.00. The zero-order chi connectivity index (χ0) is 32.6. The van der Waals surface area contributed by atoms with Crippen molar-refractivity contribution in [3.8, 4) is 0 Å². The Morgan fingerprint density at radius 3 is 1.11 bits per heavy atom. The van der Waals surface area contributed by atoms with E-state index >= 15 is 0 Å². The molecule has 6 aliphatic carbocycles. The van der Waals surface area contributed by atoms with E-state index in [2.05, 4.69) is 10.2 Å². The molecule has 0 saturated heterocycles. The van der Waals surface area contributed by atoms with Crippen molar-refractivity contribution in [1.29, 1.82) is 0 Å². The topological polar surface area (TPSA) is 210 Å². The van der Waals surface area contributed by atoms with Crippen LogP contribution in [0, 0.1) is 35.5 Å². The molecule has 14 heteroatoms. The summed E-state index contributed by atoms with van der Waals surface area (Å²) in [5.74, 6) is 1.28. The van der Waals surface area contributed by atoms with Crippen LogP contribution in [0.1, 0.15) is 116 Å². The van der Waals surface area contributed by atoms with Crippen LogP contribution in [-0.4, -0.2) is 72.7 Å². The van der Waals surface area contributed by atoms with Crippen molar-refractivity contribution in [3.63, 3.8) is 0 Å². The Morgan fingerprint density at radius 1 is 0.457 bits per heavy atom. The third kappa shape index (κ3) is 7.72. The number of fused-ring (bicyclic) bond motifs is 2. The number of nitrogens with two attached hydrogens (primary N) is 2. The van der Waals surface area contributed by atoms with Crippen LogP contribution < -0.4 is 11.5 Å². The van der Waals surface area contributed by atoms with Gasteiger partial charge in [-0.25, -0.2) is 0 Å². The Morgan fingerprint density at radius 2 is 0.783 bits per heavy atom.